The Labute approximate surface area is 91.1 Å². The molecule has 0 aliphatic rings. The summed E-state index contributed by atoms with van der Waals surface area (Å²) < 4.78 is 10.8. The highest BCUT2D eigenvalue weighted by Gasteiger charge is 2.05. The Morgan fingerprint density at radius 1 is 1.60 bits per heavy atom. The minimum Gasteiger partial charge on any atom is -0.467 e. The van der Waals surface area contributed by atoms with Gasteiger partial charge in [0.1, 0.15) is 12.4 Å². The van der Waals surface area contributed by atoms with Crippen LogP contribution in [0, 0.1) is 0 Å². The third-order valence-corrected chi connectivity index (χ3v) is 2.10. The zero-order chi connectivity index (χ0) is 10.9. The van der Waals surface area contributed by atoms with Crippen LogP contribution in [-0.4, -0.2) is 13.2 Å². The molecule has 0 aromatic carbocycles. The summed E-state index contributed by atoms with van der Waals surface area (Å²) in [5, 5.41) is 3.26. The predicted molar refractivity (Wildman–Crippen MR) is 60.6 cm³/mol. The van der Waals surface area contributed by atoms with Gasteiger partial charge in [-0.3, -0.25) is 0 Å². The van der Waals surface area contributed by atoms with Crippen molar-refractivity contribution in [2.24, 2.45) is 0 Å². The van der Waals surface area contributed by atoms with Crippen molar-refractivity contribution in [1.82, 2.24) is 5.32 Å². The summed E-state index contributed by atoms with van der Waals surface area (Å²) in [6, 6.07) is 1.98. The summed E-state index contributed by atoms with van der Waals surface area (Å²) in [5.41, 5.74) is 1.18. The van der Waals surface area contributed by atoms with E-state index in [4.69, 9.17) is 9.15 Å². The van der Waals surface area contributed by atoms with Gasteiger partial charge in [-0.2, -0.15) is 0 Å². The van der Waals surface area contributed by atoms with Gasteiger partial charge in [0.15, 0.2) is 0 Å². The largest absolute Gasteiger partial charge is 0.467 e. The number of rotatable bonds is 8. The zero-order valence-corrected chi connectivity index (χ0v) is 9.29. The molecular formula is C12H19NO2. The van der Waals surface area contributed by atoms with Crippen LogP contribution in [0.15, 0.2) is 29.4 Å². The molecule has 1 rings (SSSR count). The van der Waals surface area contributed by atoms with Crippen LogP contribution in [-0.2, 0) is 17.9 Å². The van der Waals surface area contributed by atoms with Gasteiger partial charge in [0.05, 0.1) is 12.9 Å². The average Bonchev–Trinajstić information content (AvgIpc) is 2.69. The van der Waals surface area contributed by atoms with Crippen molar-refractivity contribution in [3.05, 3.63) is 36.3 Å². The Balaban J connectivity index is 2.32. The standard InChI is InChI=1S/C12H19NO2/c1-3-5-7-14-10-12-11(6-8-15-12)9-13-4-2/h3,6,8,13H,1,4-5,7,9-10H2,2H3. The minimum atomic E-state index is 0.543. The first-order valence-electron chi connectivity index (χ1n) is 5.33. The summed E-state index contributed by atoms with van der Waals surface area (Å²) in [5.74, 6) is 0.917. The molecule has 0 aliphatic carbocycles. The molecule has 84 valence electrons. The molecule has 0 amide bonds. The molecule has 1 aromatic rings. The first-order valence-corrected chi connectivity index (χ1v) is 5.33. The molecule has 0 bridgehead atoms. The highest BCUT2D eigenvalue weighted by Crippen LogP contribution is 2.11. The third kappa shape index (κ3) is 4.32. The fraction of sp³-hybridized carbons (Fsp3) is 0.500. The molecule has 0 fully saturated rings. The lowest BCUT2D eigenvalue weighted by atomic mass is 10.2. The maximum Gasteiger partial charge on any atom is 0.133 e. The molecule has 15 heavy (non-hydrogen) atoms. The summed E-state index contributed by atoms with van der Waals surface area (Å²) in [4.78, 5) is 0. The zero-order valence-electron chi connectivity index (χ0n) is 9.29. The molecule has 0 spiro atoms. The molecule has 0 atom stereocenters. The van der Waals surface area contributed by atoms with Crippen LogP contribution >= 0.6 is 0 Å². The normalized spacial score (nSPS) is 10.5. The topological polar surface area (TPSA) is 34.4 Å². The van der Waals surface area contributed by atoms with E-state index in [0.29, 0.717) is 13.2 Å². The molecule has 0 radical (unpaired) electrons. The fourth-order valence-corrected chi connectivity index (χ4v) is 1.24. The van der Waals surface area contributed by atoms with Crippen molar-refractivity contribution in [1.29, 1.82) is 0 Å². The molecule has 1 aromatic heterocycles. The van der Waals surface area contributed by atoms with Crippen molar-refractivity contribution in [2.45, 2.75) is 26.5 Å². The van der Waals surface area contributed by atoms with Crippen LogP contribution < -0.4 is 5.32 Å². The second-order valence-corrected chi connectivity index (χ2v) is 3.28. The Kier molecular flexibility index (Phi) is 5.81. The van der Waals surface area contributed by atoms with Gasteiger partial charge in [-0.1, -0.05) is 13.0 Å². The fourth-order valence-electron chi connectivity index (χ4n) is 1.24. The van der Waals surface area contributed by atoms with Crippen LogP contribution in [0.1, 0.15) is 24.7 Å². The number of hydrogen-bond acceptors (Lipinski definition) is 3. The molecule has 3 nitrogen and oxygen atoms in total. The number of furan rings is 1. The van der Waals surface area contributed by atoms with E-state index in [0.717, 1.165) is 25.3 Å². The maximum absolute atomic E-state index is 5.45. The molecule has 1 N–H and O–H groups in total. The average molecular weight is 209 g/mol. The van der Waals surface area contributed by atoms with Gasteiger partial charge in [-0.15, -0.1) is 6.58 Å². The van der Waals surface area contributed by atoms with E-state index >= 15 is 0 Å². The van der Waals surface area contributed by atoms with Gasteiger partial charge >= 0.3 is 0 Å². The van der Waals surface area contributed by atoms with Crippen LogP contribution in [0.5, 0.6) is 0 Å². The van der Waals surface area contributed by atoms with Crippen molar-refractivity contribution in [2.75, 3.05) is 13.2 Å². The molecule has 0 aliphatic heterocycles. The molecule has 0 unspecified atom stereocenters. The van der Waals surface area contributed by atoms with Gasteiger partial charge in [0, 0.05) is 12.1 Å². The van der Waals surface area contributed by atoms with E-state index in [1.165, 1.54) is 5.56 Å². The molecule has 0 saturated heterocycles. The van der Waals surface area contributed by atoms with E-state index in [1.54, 1.807) is 6.26 Å². The SMILES string of the molecule is C=CCCOCc1occc1CNCC. The highest BCUT2D eigenvalue weighted by atomic mass is 16.5. The highest BCUT2D eigenvalue weighted by molar-refractivity contribution is 5.15. The Hall–Kier alpha value is -1.06. The van der Waals surface area contributed by atoms with E-state index in [9.17, 15) is 0 Å². The maximum atomic E-state index is 5.45. The monoisotopic (exact) mass is 209 g/mol. The third-order valence-electron chi connectivity index (χ3n) is 2.10. The lowest BCUT2D eigenvalue weighted by Gasteiger charge is -2.03. The predicted octanol–water partition coefficient (Wildman–Crippen LogP) is 2.48. The van der Waals surface area contributed by atoms with Gasteiger partial charge in [-0.05, 0) is 19.0 Å². The number of hydrogen-bond donors (Lipinski definition) is 1. The lowest BCUT2D eigenvalue weighted by molar-refractivity contribution is 0.109. The summed E-state index contributed by atoms with van der Waals surface area (Å²) >= 11 is 0. The second-order valence-electron chi connectivity index (χ2n) is 3.28. The van der Waals surface area contributed by atoms with Gasteiger partial charge in [0.2, 0.25) is 0 Å². The van der Waals surface area contributed by atoms with E-state index in [1.807, 2.05) is 12.1 Å². The summed E-state index contributed by atoms with van der Waals surface area (Å²) in [7, 11) is 0. The van der Waals surface area contributed by atoms with Gasteiger partial charge in [0.25, 0.3) is 0 Å². The quantitative estimate of drug-likeness (QED) is 0.527. The number of nitrogens with one attached hydrogen (secondary N) is 1. The van der Waals surface area contributed by atoms with Crippen molar-refractivity contribution in [3.63, 3.8) is 0 Å². The number of ether oxygens (including phenoxy) is 1. The van der Waals surface area contributed by atoms with E-state index < -0.39 is 0 Å². The smallest absolute Gasteiger partial charge is 0.133 e. The molecule has 1 heterocycles. The van der Waals surface area contributed by atoms with Gasteiger partial charge < -0.3 is 14.5 Å². The Morgan fingerprint density at radius 2 is 2.47 bits per heavy atom. The molecule has 0 saturated carbocycles. The summed E-state index contributed by atoms with van der Waals surface area (Å²) in [6.07, 6.45) is 4.43. The van der Waals surface area contributed by atoms with Crippen LogP contribution in [0.25, 0.3) is 0 Å². The van der Waals surface area contributed by atoms with Crippen LogP contribution in [0.4, 0.5) is 0 Å². The molecular weight excluding hydrogens is 190 g/mol. The van der Waals surface area contributed by atoms with Crippen molar-refractivity contribution >= 4 is 0 Å². The van der Waals surface area contributed by atoms with Crippen molar-refractivity contribution in [3.8, 4) is 0 Å². The lowest BCUT2D eigenvalue weighted by Crippen LogP contribution is -2.12. The first kappa shape index (κ1) is 12.0. The summed E-state index contributed by atoms with van der Waals surface area (Å²) in [6.45, 7) is 8.77. The molecule has 3 heteroatoms. The Morgan fingerprint density at radius 3 is 3.20 bits per heavy atom. The minimum absolute atomic E-state index is 0.543. The van der Waals surface area contributed by atoms with E-state index in [2.05, 4.69) is 18.8 Å². The van der Waals surface area contributed by atoms with E-state index in [-0.39, 0.29) is 0 Å². The van der Waals surface area contributed by atoms with Crippen molar-refractivity contribution < 1.29 is 9.15 Å². The van der Waals surface area contributed by atoms with Gasteiger partial charge in [-0.25, -0.2) is 0 Å². The second kappa shape index (κ2) is 7.26. The van der Waals surface area contributed by atoms with Crippen LogP contribution in [0.3, 0.4) is 0 Å². The Bertz CT molecular complexity index is 281. The first-order chi connectivity index (χ1) is 7.38. The van der Waals surface area contributed by atoms with Crippen LogP contribution in [0.2, 0.25) is 0 Å².